The van der Waals surface area contributed by atoms with Gasteiger partial charge < -0.3 is 72.7 Å². The van der Waals surface area contributed by atoms with Crippen molar-refractivity contribution in [2.24, 2.45) is 41.2 Å². The predicted molar refractivity (Wildman–Crippen MR) is 392 cm³/mol. The second-order valence-electron chi connectivity index (χ2n) is 27.3. The van der Waals surface area contributed by atoms with E-state index in [0.29, 0.717) is 144 Å². The molecule has 9 rings (SSSR count). The normalized spacial score (nSPS) is 18.1. The Bertz CT molecular complexity index is 3610. The molecule has 3 saturated carbocycles. The Morgan fingerprint density at radius 3 is 1.03 bits per heavy atom. The van der Waals surface area contributed by atoms with Gasteiger partial charge in [-0.15, -0.1) is 0 Å². The Kier molecular flexibility index (Phi) is 31.1. The van der Waals surface area contributed by atoms with Gasteiger partial charge in [0.2, 0.25) is 17.8 Å². The number of rotatable bonds is 27. The third-order valence-corrected chi connectivity index (χ3v) is 18.4. The molecule has 28 heteroatoms. The molecule has 0 saturated heterocycles. The molecule has 6 aromatic rings. The average molecular weight is 1440 g/mol. The van der Waals surface area contributed by atoms with Gasteiger partial charge in [0.05, 0.1) is 6.61 Å². The summed E-state index contributed by atoms with van der Waals surface area (Å²) in [6.07, 6.45) is 15.8. The highest BCUT2D eigenvalue weighted by atomic mass is 35.5. The Labute approximate surface area is 601 Å². The number of nitrogens with one attached hydrogen (secondary N) is 8. The first-order chi connectivity index (χ1) is 47.8. The van der Waals surface area contributed by atoms with Crippen molar-refractivity contribution in [2.45, 2.75) is 156 Å². The summed E-state index contributed by atoms with van der Waals surface area (Å²) < 4.78 is 15.8. The van der Waals surface area contributed by atoms with Crippen LogP contribution < -0.4 is 48.3 Å². The van der Waals surface area contributed by atoms with Crippen molar-refractivity contribution in [3.63, 3.8) is 0 Å². The lowest BCUT2D eigenvalue weighted by Crippen LogP contribution is -2.36. The molecule has 3 aromatic carbocycles. The molecule has 3 fully saturated rings. The van der Waals surface area contributed by atoms with Gasteiger partial charge >= 0.3 is 30.1 Å². The molecule has 3 aromatic heterocycles. The summed E-state index contributed by atoms with van der Waals surface area (Å²) in [5, 5.41) is 45.9. The Balaban J connectivity index is 0.000000213. The number of carboxylic acids is 2. The predicted octanol–water partition coefficient (Wildman–Crippen LogP) is 14.5. The number of carboxylic acid groups (broad SMARTS) is 2. The number of nitrogens with zero attached hydrogens (tertiary/aromatic N) is 6. The number of aromatic nitrogens is 6. The quantitative estimate of drug-likeness (QED) is 0.0169. The highest BCUT2D eigenvalue weighted by Gasteiger charge is 2.28. The highest BCUT2D eigenvalue weighted by Crippen LogP contribution is 2.33. The second-order valence-corrected chi connectivity index (χ2v) is 28.6. The second kappa shape index (κ2) is 39.5. The summed E-state index contributed by atoms with van der Waals surface area (Å²) in [6, 6.07) is 22.5. The molecule has 542 valence electrons. The van der Waals surface area contributed by atoms with Crippen LogP contribution in [0.2, 0.25) is 15.1 Å². The van der Waals surface area contributed by atoms with E-state index < -0.39 is 29.1 Å². The van der Waals surface area contributed by atoms with Crippen LogP contribution in [-0.4, -0.2) is 127 Å². The number of esters is 1. The summed E-state index contributed by atoms with van der Waals surface area (Å²) in [6.45, 7) is 18.4. The van der Waals surface area contributed by atoms with Gasteiger partial charge in [0.15, 0.2) is 0 Å². The molecular weight excluding hydrogens is 1340 g/mol. The maximum atomic E-state index is 12.5. The van der Waals surface area contributed by atoms with Crippen LogP contribution in [-0.2, 0) is 33.8 Å². The number of aromatic carboxylic acids is 2. The van der Waals surface area contributed by atoms with Crippen molar-refractivity contribution in [1.82, 2.24) is 40.5 Å². The third-order valence-electron chi connectivity index (χ3n) is 17.3. The zero-order valence-corrected chi connectivity index (χ0v) is 60.5. The minimum absolute atomic E-state index is 0.0311. The number of alkyl carbamates (subject to hydrolysis) is 2. The van der Waals surface area contributed by atoms with Crippen LogP contribution in [0.5, 0.6) is 0 Å². The average Bonchev–Trinajstić information content (AvgIpc) is 0.871. The summed E-state index contributed by atoms with van der Waals surface area (Å²) in [4.78, 5) is 85.3. The molecule has 3 aliphatic rings. The summed E-state index contributed by atoms with van der Waals surface area (Å²) in [5.74, 6) is 2.36. The number of nitrogens with two attached hydrogens (primary N) is 1. The number of amides is 2. The number of hydrogen-bond donors (Lipinski definition) is 11. The summed E-state index contributed by atoms with van der Waals surface area (Å²) >= 11 is 18.6. The van der Waals surface area contributed by atoms with E-state index in [9.17, 15) is 34.2 Å². The number of ether oxygens (including phenoxy) is 3. The molecule has 0 radical (unpaired) electrons. The van der Waals surface area contributed by atoms with Crippen LogP contribution in [0.25, 0.3) is 0 Å². The first kappa shape index (κ1) is 78.8. The standard InChI is InChI=1S/C27H38ClN5O4.C25H34ClN5O4.C20H26ClN5O2/c1-5-36-24(34)21-17-31-25(30-16-20-8-6-7-9-22(20)28)33-23(21)29-14-18-10-12-19(13-11-18)15-32-26(35)37-27(2,3)4;1-25(2,3)35-24(34)30-13-17-10-8-16(9-11-17)12-27-21-19(22(32)33)15-29-23(31-21)28-14-18-6-4-5-7-20(18)26;21-17-4-2-1-3-15(17)11-24-20-25-12-16(19(27)28)18(26-20)23-10-14-7-5-13(9-22)6-8-14/h6-9,17-19H,5,10-16H2,1-4H3,(H,32,35)(H2,29,30,31,33);4-7,15-17H,8-14H2,1-3H3,(H,30,34)(H,32,33)(H2,27,28,29,31);1-4,12-14H,5-11,22H2,(H,27,28)(H2,23,24,25,26). The highest BCUT2D eigenvalue weighted by molar-refractivity contribution is 6.32. The van der Waals surface area contributed by atoms with Crippen LogP contribution >= 0.6 is 34.8 Å². The van der Waals surface area contributed by atoms with Gasteiger partial charge in [0.1, 0.15) is 45.3 Å². The largest absolute Gasteiger partial charge is 0.477 e. The van der Waals surface area contributed by atoms with Crippen molar-refractivity contribution >= 4 is 100 Å². The van der Waals surface area contributed by atoms with Gasteiger partial charge in [-0.3, -0.25) is 0 Å². The minimum atomic E-state index is -1.08. The van der Waals surface area contributed by atoms with Crippen molar-refractivity contribution in [3.8, 4) is 0 Å². The van der Waals surface area contributed by atoms with Crippen LogP contribution in [0.4, 0.5) is 44.9 Å². The SMILES string of the molecule is CC(C)(C)OC(=O)NCC1CCC(CNc2nc(NCc3ccccc3Cl)ncc2C(=O)O)CC1.CCOC(=O)c1cnc(NCc2ccccc2Cl)nc1NCC1CCC(CNC(=O)OC(C)(C)C)CC1.NCC1CCC(CNc2nc(NCc3ccccc3Cl)ncc2C(=O)O)CC1. The number of hydrogen-bond acceptors (Lipinski definition) is 21. The van der Waals surface area contributed by atoms with E-state index in [2.05, 4.69) is 72.4 Å². The Morgan fingerprint density at radius 1 is 0.450 bits per heavy atom. The van der Waals surface area contributed by atoms with Crippen molar-refractivity contribution in [3.05, 3.63) is 140 Å². The number of carbonyl (C=O) groups is 5. The van der Waals surface area contributed by atoms with Gasteiger partial charge in [-0.2, -0.15) is 15.0 Å². The fourth-order valence-corrected chi connectivity index (χ4v) is 12.3. The number of anilines is 6. The van der Waals surface area contributed by atoms with E-state index in [1.54, 1.807) is 6.92 Å². The molecule has 0 atom stereocenters. The maximum absolute atomic E-state index is 12.5. The molecule has 0 unspecified atom stereocenters. The third kappa shape index (κ3) is 27.2. The van der Waals surface area contributed by atoms with Crippen molar-refractivity contribution < 1.29 is 48.4 Å². The van der Waals surface area contributed by atoms with E-state index in [4.69, 9.17) is 54.7 Å². The monoisotopic (exact) mass is 1440 g/mol. The van der Waals surface area contributed by atoms with E-state index in [0.717, 1.165) is 100 Å². The molecule has 2 amide bonds. The fourth-order valence-electron chi connectivity index (χ4n) is 11.7. The zero-order valence-electron chi connectivity index (χ0n) is 58.2. The molecule has 12 N–H and O–H groups in total. The van der Waals surface area contributed by atoms with E-state index in [1.165, 1.54) is 18.6 Å². The molecule has 100 heavy (non-hydrogen) atoms. The van der Waals surface area contributed by atoms with Crippen molar-refractivity contribution in [1.29, 1.82) is 0 Å². The topological polar surface area (TPSA) is 353 Å². The van der Waals surface area contributed by atoms with Crippen molar-refractivity contribution in [2.75, 3.05) is 77.8 Å². The van der Waals surface area contributed by atoms with E-state index in [-0.39, 0.29) is 29.9 Å². The molecule has 3 aliphatic carbocycles. The number of benzene rings is 3. The number of carbonyl (C=O) groups excluding carboxylic acids is 3. The molecule has 0 spiro atoms. The van der Waals surface area contributed by atoms with Crippen LogP contribution in [0, 0.1) is 35.5 Å². The van der Waals surface area contributed by atoms with Crippen LogP contribution in [0.3, 0.4) is 0 Å². The number of halogens is 3. The summed E-state index contributed by atoms with van der Waals surface area (Å²) in [5.41, 5.74) is 7.89. The molecular formula is C72H98Cl3N15O10. The molecule has 0 aliphatic heterocycles. The van der Waals surface area contributed by atoms with Gasteiger partial charge in [-0.25, -0.2) is 38.9 Å². The first-order valence-electron chi connectivity index (χ1n) is 34.3. The zero-order chi connectivity index (χ0) is 72.2. The van der Waals surface area contributed by atoms with E-state index in [1.807, 2.05) is 114 Å². The van der Waals surface area contributed by atoms with E-state index >= 15 is 0 Å². The van der Waals surface area contributed by atoms with Gasteiger partial charge in [0, 0.05) is 86.0 Å². The smallest absolute Gasteiger partial charge is 0.407 e. The van der Waals surface area contributed by atoms with Crippen LogP contribution in [0.15, 0.2) is 91.4 Å². The van der Waals surface area contributed by atoms with Gasteiger partial charge in [-0.05, 0) is 202 Å². The molecule has 3 heterocycles. The minimum Gasteiger partial charge on any atom is -0.477 e. The lowest BCUT2D eigenvalue weighted by Gasteiger charge is -2.29. The fraction of sp³-hybridized carbons (Fsp3) is 0.514. The molecule has 0 bridgehead atoms. The van der Waals surface area contributed by atoms with Gasteiger partial charge in [0.25, 0.3) is 0 Å². The Hall–Kier alpha value is -8.52. The summed E-state index contributed by atoms with van der Waals surface area (Å²) in [7, 11) is 0. The molecule has 25 nitrogen and oxygen atoms in total. The Morgan fingerprint density at radius 2 is 0.740 bits per heavy atom. The maximum Gasteiger partial charge on any atom is 0.407 e. The lowest BCUT2D eigenvalue weighted by atomic mass is 9.82. The van der Waals surface area contributed by atoms with Gasteiger partial charge in [-0.1, -0.05) is 89.4 Å². The first-order valence-corrected chi connectivity index (χ1v) is 35.5. The lowest BCUT2D eigenvalue weighted by molar-refractivity contribution is 0.0502. The van der Waals surface area contributed by atoms with Crippen LogP contribution in [0.1, 0.15) is 173 Å².